The standard InChI is InChI=1S/C23H25ClN4O/c1-3-28(22-10-11-25-21-16-18(24)6-9-20(21)22)19-7-4-17(5-8-19)23(29)27-14-12-26(2)13-15-27/h4-11,16H,3,12-15H2,1-2H3. The molecule has 0 atom stereocenters. The van der Waals surface area contributed by atoms with Gasteiger partial charge in [0.05, 0.1) is 11.2 Å². The van der Waals surface area contributed by atoms with Crippen molar-refractivity contribution in [2.24, 2.45) is 0 Å². The second-order valence-corrected chi connectivity index (χ2v) is 7.81. The van der Waals surface area contributed by atoms with Crippen molar-refractivity contribution in [3.8, 4) is 0 Å². The fourth-order valence-electron chi connectivity index (χ4n) is 3.81. The molecule has 150 valence electrons. The molecule has 3 aromatic rings. The van der Waals surface area contributed by atoms with E-state index in [0.29, 0.717) is 5.02 Å². The van der Waals surface area contributed by atoms with Crippen LogP contribution in [0, 0.1) is 0 Å². The van der Waals surface area contributed by atoms with Crippen molar-refractivity contribution >= 4 is 39.8 Å². The lowest BCUT2D eigenvalue weighted by Crippen LogP contribution is -2.47. The quantitative estimate of drug-likeness (QED) is 0.640. The first-order valence-electron chi connectivity index (χ1n) is 9.96. The molecule has 0 aliphatic carbocycles. The SMILES string of the molecule is CCN(c1ccc(C(=O)N2CCN(C)CC2)cc1)c1ccnc2cc(Cl)ccc12. The molecule has 0 radical (unpaired) electrons. The van der Waals surface area contributed by atoms with Crippen molar-refractivity contribution in [1.29, 1.82) is 0 Å². The van der Waals surface area contributed by atoms with Crippen molar-refractivity contribution < 1.29 is 4.79 Å². The van der Waals surface area contributed by atoms with Crippen LogP contribution in [0.4, 0.5) is 11.4 Å². The number of carbonyl (C=O) groups excluding carboxylic acids is 1. The Morgan fingerprint density at radius 2 is 1.79 bits per heavy atom. The molecule has 0 unspecified atom stereocenters. The predicted octanol–water partition coefficient (Wildman–Crippen LogP) is 4.43. The van der Waals surface area contributed by atoms with Crippen molar-refractivity contribution in [3.05, 3.63) is 65.3 Å². The number of benzene rings is 2. The van der Waals surface area contributed by atoms with Gasteiger partial charge in [0.15, 0.2) is 0 Å². The Balaban J connectivity index is 1.60. The van der Waals surface area contributed by atoms with Crippen LogP contribution in [0.25, 0.3) is 10.9 Å². The minimum absolute atomic E-state index is 0.108. The van der Waals surface area contributed by atoms with Crippen LogP contribution in [0.2, 0.25) is 5.02 Å². The number of halogens is 1. The Hall–Kier alpha value is -2.63. The zero-order valence-electron chi connectivity index (χ0n) is 16.8. The lowest BCUT2D eigenvalue weighted by molar-refractivity contribution is 0.0664. The Morgan fingerprint density at radius 1 is 1.07 bits per heavy atom. The smallest absolute Gasteiger partial charge is 0.253 e. The maximum Gasteiger partial charge on any atom is 0.253 e. The van der Waals surface area contributed by atoms with Crippen LogP contribution in [0.3, 0.4) is 0 Å². The number of rotatable bonds is 4. The molecule has 6 heteroatoms. The summed E-state index contributed by atoms with van der Waals surface area (Å²) in [5, 5.41) is 1.73. The molecule has 1 aliphatic rings. The molecule has 2 heterocycles. The number of carbonyl (C=O) groups is 1. The van der Waals surface area contributed by atoms with Gasteiger partial charge in [0, 0.05) is 60.6 Å². The molecule has 1 aromatic heterocycles. The zero-order chi connectivity index (χ0) is 20.4. The Morgan fingerprint density at radius 3 is 2.48 bits per heavy atom. The number of aromatic nitrogens is 1. The Kier molecular flexibility index (Phi) is 5.69. The van der Waals surface area contributed by atoms with E-state index in [0.717, 1.165) is 60.6 Å². The van der Waals surface area contributed by atoms with Crippen molar-refractivity contribution in [1.82, 2.24) is 14.8 Å². The van der Waals surface area contributed by atoms with Crippen LogP contribution < -0.4 is 4.90 Å². The van der Waals surface area contributed by atoms with Gasteiger partial charge >= 0.3 is 0 Å². The van der Waals surface area contributed by atoms with Crippen LogP contribution in [-0.4, -0.2) is 60.5 Å². The lowest BCUT2D eigenvalue weighted by atomic mass is 10.1. The first-order chi connectivity index (χ1) is 14.1. The molecule has 1 saturated heterocycles. The first kappa shape index (κ1) is 19.7. The van der Waals surface area contributed by atoms with Gasteiger partial charge < -0.3 is 14.7 Å². The summed E-state index contributed by atoms with van der Waals surface area (Å²) < 4.78 is 0. The van der Waals surface area contributed by atoms with Crippen LogP contribution in [0.15, 0.2) is 54.7 Å². The average Bonchev–Trinajstić information content (AvgIpc) is 2.75. The van der Waals surface area contributed by atoms with Gasteiger partial charge in [-0.3, -0.25) is 9.78 Å². The van der Waals surface area contributed by atoms with Crippen LogP contribution in [-0.2, 0) is 0 Å². The number of piperazine rings is 1. The fourth-order valence-corrected chi connectivity index (χ4v) is 3.98. The number of hydrogen-bond acceptors (Lipinski definition) is 4. The van der Waals surface area contributed by atoms with Gasteiger partial charge in [0.25, 0.3) is 5.91 Å². The maximum absolute atomic E-state index is 12.8. The van der Waals surface area contributed by atoms with Crippen LogP contribution in [0.1, 0.15) is 17.3 Å². The molecule has 1 amide bonds. The molecular formula is C23H25ClN4O. The van der Waals surface area contributed by atoms with Gasteiger partial charge in [-0.1, -0.05) is 11.6 Å². The van der Waals surface area contributed by atoms with E-state index in [1.165, 1.54) is 0 Å². The van der Waals surface area contributed by atoms with E-state index in [4.69, 9.17) is 11.6 Å². The van der Waals surface area contributed by atoms with E-state index in [-0.39, 0.29) is 5.91 Å². The molecule has 0 bridgehead atoms. The fraction of sp³-hybridized carbons (Fsp3) is 0.304. The van der Waals surface area contributed by atoms with Crippen molar-refractivity contribution in [2.75, 3.05) is 44.7 Å². The van der Waals surface area contributed by atoms with Gasteiger partial charge in [0.1, 0.15) is 0 Å². The normalized spacial score (nSPS) is 14.9. The van der Waals surface area contributed by atoms with Gasteiger partial charge in [-0.25, -0.2) is 0 Å². The maximum atomic E-state index is 12.8. The predicted molar refractivity (Wildman–Crippen MR) is 119 cm³/mol. The molecule has 1 fully saturated rings. The van der Waals surface area contributed by atoms with Gasteiger partial charge in [-0.2, -0.15) is 0 Å². The third-order valence-electron chi connectivity index (χ3n) is 5.51. The van der Waals surface area contributed by atoms with E-state index in [1.54, 1.807) is 0 Å². The second kappa shape index (κ2) is 8.39. The molecular weight excluding hydrogens is 384 g/mol. The summed E-state index contributed by atoms with van der Waals surface area (Å²) in [6.45, 7) is 6.32. The first-order valence-corrected chi connectivity index (χ1v) is 10.3. The number of amides is 1. The minimum Gasteiger partial charge on any atom is -0.341 e. The third kappa shape index (κ3) is 4.07. The van der Waals surface area contributed by atoms with E-state index >= 15 is 0 Å². The van der Waals surface area contributed by atoms with E-state index in [9.17, 15) is 4.79 Å². The molecule has 0 N–H and O–H groups in total. The van der Waals surface area contributed by atoms with E-state index in [1.807, 2.05) is 59.6 Å². The summed E-state index contributed by atoms with van der Waals surface area (Å²) >= 11 is 6.13. The van der Waals surface area contributed by atoms with Gasteiger partial charge in [-0.05, 0) is 62.5 Å². The van der Waals surface area contributed by atoms with Crippen LogP contribution in [0.5, 0.6) is 0 Å². The Labute approximate surface area is 176 Å². The number of nitrogens with zero attached hydrogens (tertiary/aromatic N) is 4. The largest absolute Gasteiger partial charge is 0.341 e. The highest BCUT2D eigenvalue weighted by molar-refractivity contribution is 6.31. The number of pyridine rings is 1. The molecule has 5 nitrogen and oxygen atoms in total. The Bertz CT molecular complexity index is 1010. The highest BCUT2D eigenvalue weighted by Gasteiger charge is 2.20. The third-order valence-corrected chi connectivity index (χ3v) is 5.74. The topological polar surface area (TPSA) is 39.7 Å². The highest BCUT2D eigenvalue weighted by Crippen LogP contribution is 2.32. The number of anilines is 2. The second-order valence-electron chi connectivity index (χ2n) is 7.38. The number of likely N-dealkylation sites (N-methyl/N-ethyl adjacent to an activating group) is 1. The summed E-state index contributed by atoms with van der Waals surface area (Å²) in [6, 6.07) is 15.7. The summed E-state index contributed by atoms with van der Waals surface area (Å²) in [5.41, 5.74) is 3.73. The average molecular weight is 409 g/mol. The van der Waals surface area contributed by atoms with Crippen molar-refractivity contribution in [2.45, 2.75) is 6.92 Å². The molecule has 1 aliphatic heterocycles. The molecule has 29 heavy (non-hydrogen) atoms. The molecule has 0 spiro atoms. The molecule has 4 rings (SSSR count). The van der Waals surface area contributed by atoms with Crippen molar-refractivity contribution in [3.63, 3.8) is 0 Å². The summed E-state index contributed by atoms with van der Waals surface area (Å²) in [4.78, 5) is 23.7. The summed E-state index contributed by atoms with van der Waals surface area (Å²) in [6.07, 6.45) is 1.81. The minimum atomic E-state index is 0.108. The molecule has 0 saturated carbocycles. The summed E-state index contributed by atoms with van der Waals surface area (Å²) in [7, 11) is 2.09. The highest BCUT2D eigenvalue weighted by atomic mass is 35.5. The lowest BCUT2D eigenvalue weighted by Gasteiger charge is -2.32. The van der Waals surface area contributed by atoms with E-state index < -0.39 is 0 Å². The van der Waals surface area contributed by atoms with Crippen LogP contribution >= 0.6 is 11.6 Å². The monoisotopic (exact) mass is 408 g/mol. The molecule has 2 aromatic carbocycles. The summed E-state index contributed by atoms with van der Waals surface area (Å²) in [5.74, 6) is 0.108. The van der Waals surface area contributed by atoms with Gasteiger partial charge in [-0.15, -0.1) is 0 Å². The van der Waals surface area contributed by atoms with E-state index in [2.05, 4.69) is 28.8 Å². The van der Waals surface area contributed by atoms with Gasteiger partial charge in [0.2, 0.25) is 0 Å². The zero-order valence-corrected chi connectivity index (χ0v) is 17.6. The number of fused-ring (bicyclic) bond motifs is 1. The number of hydrogen-bond donors (Lipinski definition) is 0.